The molecule has 27 heavy (non-hydrogen) atoms. The van der Waals surface area contributed by atoms with Crippen molar-refractivity contribution in [3.05, 3.63) is 60.4 Å². The largest absolute Gasteiger partial charge is 0.480 e. The van der Waals surface area contributed by atoms with E-state index in [9.17, 15) is 13.2 Å². The minimum Gasteiger partial charge on any atom is -0.480 e. The molecule has 2 N–H and O–H groups in total. The van der Waals surface area contributed by atoms with E-state index in [-0.39, 0.29) is 12.3 Å². The van der Waals surface area contributed by atoms with Gasteiger partial charge in [-0.05, 0) is 30.3 Å². The number of fused-ring (bicyclic) bond motifs is 2. The maximum absolute atomic E-state index is 12.6. The minimum absolute atomic E-state index is 0.204. The maximum Gasteiger partial charge on any atom is 0.323 e. The molecule has 0 aliphatic heterocycles. The maximum atomic E-state index is 12.6. The van der Waals surface area contributed by atoms with Crippen molar-refractivity contribution in [2.45, 2.75) is 12.3 Å². The summed E-state index contributed by atoms with van der Waals surface area (Å²) in [7, 11) is -3.75. The van der Waals surface area contributed by atoms with Crippen molar-refractivity contribution in [3.63, 3.8) is 0 Å². The lowest BCUT2D eigenvalue weighted by molar-refractivity contribution is -0.137. The van der Waals surface area contributed by atoms with Crippen molar-refractivity contribution in [3.8, 4) is 0 Å². The first-order chi connectivity index (χ1) is 12.9. The molecule has 0 atom stereocenters. The van der Waals surface area contributed by atoms with Crippen LogP contribution in [0.2, 0.25) is 0 Å². The second kappa shape index (κ2) is 6.44. The molecule has 9 heteroatoms. The third-order valence-corrected chi connectivity index (χ3v) is 5.35. The number of rotatable bonds is 6. The number of para-hydroxylation sites is 1. The molecule has 4 rings (SSSR count). The van der Waals surface area contributed by atoms with E-state index >= 15 is 0 Å². The number of hydrogen-bond donors (Lipinski definition) is 2. The van der Waals surface area contributed by atoms with Crippen LogP contribution in [-0.4, -0.2) is 29.2 Å². The number of hydrogen-bond acceptors (Lipinski definition) is 5. The van der Waals surface area contributed by atoms with E-state index in [0.29, 0.717) is 33.3 Å². The van der Waals surface area contributed by atoms with E-state index in [1.165, 1.54) is 0 Å². The van der Waals surface area contributed by atoms with Gasteiger partial charge >= 0.3 is 5.97 Å². The quantitative estimate of drug-likeness (QED) is 0.527. The summed E-state index contributed by atoms with van der Waals surface area (Å²) in [4.78, 5) is 11.0. The Bertz CT molecular complexity index is 1260. The van der Waals surface area contributed by atoms with Crippen molar-refractivity contribution in [1.29, 1.82) is 0 Å². The Morgan fingerprint density at radius 2 is 1.93 bits per heavy atom. The van der Waals surface area contributed by atoms with E-state index in [1.54, 1.807) is 59.3 Å². The summed E-state index contributed by atoms with van der Waals surface area (Å²) < 4.78 is 34.5. The van der Waals surface area contributed by atoms with Gasteiger partial charge in [0.05, 0.1) is 11.2 Å². The summed E-state index contributed by atoms with van der Waals surface area (Å²) in [5, 5.41) is 14.1. The van der Waals surface area contributed by atoms with Gasteiger partial charge in [-0.25, -0.2) is 8.42 Å². The molecule has 0 saturated carbocycles. The molecule has 2 aromatic heterocycles. The number of nitrogens with one attached hydrogen (secondary N) is 1. The summed E-state index contributed by atoms with van der Waals surface area (Å²) >= 11 is 0. The summed E-state index contributed by atoms with van der Waals surface area (Å²) in [6.45, 7) is -0.204. The first kappa shape index (κ1) is 17.1. The van der Waals surface area contributed by atoms with Crippen molar-refractivity contribution in [1.82, 2.24) is 9.72 Å². The van der Waals surface area contributed by atoms with Crippen LogP contribution < -0.4 is 4.72 Å². The number of aromatic nitrogens is 2. The van der Waals surface area contributed by atoms with Gasteiger partial charge in [-0.15, -0.1) is 0 Å². The SMILES string of the molecule is O=C(O)Cn1ccc2c(NS(=O)(=O)Cc3noc4ccccc34)cccc21. The molecule has 0 radical (unpaired) electrons. The first-order valence-electron chi connectivity index (χ1n) is 8.06. The average molecular weight is 385 g/mol. The molecule has 0 bridgehead atoms. The highest BCUT2D eigenvalue weighted by molar-refractivity contribution is 7.91. The smallest absolute Gasteiger partial charge is 0.323 e. The van der Waals surface area contributed by atoms with Crippen LogP contribution in [0.4, 0.5) is 5.69 Å². The van der Waals surface area contributed by atoms with Gasteiger partial charge in [0.2, 0.25) is 10.0 Å². The number of benzene rings is 2. The number of sulfonamides is 1. The number of aliphatic carboxylic acids is 1. The number of nitrogens with zero attached hydrogens (tertiary/aromatic N) is 2. The molecule has 2 heterocycles. The Morgan fingerprint density at radius 1 is 1.11 bits per heavy atom. The highest BCUT2D eigenvalue weighted by Gasteiger charge is 2.19. The normalized spacial score (nSPS) is 11.9. The summed E-state index contributed by atoms with van der Waals surface area (Å²) in [5.74, 6) is -1.31. The Balaban J connectivity index is 1.65. The van der Waals surface area contributed by atoms with Gasteiger partial charge in [0.25, 0.3) is 0 Å². The van der Waals surface area contributed by atoms with E-state index in [4.69, 9.17) is 9.63 Å². The molecule has 0 spiro atoms. The van der Waals surface area contributed by atoms with Crippen LogP contribution >= 0.6 is 0 Å². The van der Waals surface area contributed by atoms with Crippen LogP contribution in [0.1, 0.15) is 5.69 Å². The molecule has 0 fully saturated rings. The third-order valence-electron chi connectivity index (χ3n) is 4.16. The lowest BCUT2D eigenvalue weighted by atomic mass is 10.2. The van der Waals surface area contributed by atoms with Crippen molar-refractivity contribution in [2.24, 2.45) is 0 Å². The average Bonchev–Trinajstić information content (AvgIpc) is 3.20. The van der Waals surface area contributed by atoms with Crippen LogP contribution in [0.3, 0.4) is 0 Å². The predicted octanol–water partition coefficient (Wildman–Crippen LogP) is 2.81. The Hall–Kier alpha value is -3.33. The molecule has 0 amide bonds. The second-order valence-electron chi connectivity index (χ2n) is 6.06. The molecule has 0 unspecified atom stereocenters. The third kappa shape index (κ3) is 3.36. The van der Waals surface area contributed by atoms with Crippen LogP contribution in [0.5, 0.6) is 0 Å². The molecular formula is C18H15N3O5S. The zero-order chi connectivity index (χ0) is 19.0. The number of carboxylic acids is 1. The Kier molecular flexibility index (Phi) is 4.08. The molecule has 0 aliphatic rings. The molecule has 138 valence electrons. The molecule has 0 aliphatic carbocycles. The van der Waals surface area contributed by atoms with E-state index in [1.807, 2.05) is 0 Å². The van der Waals surface area contributed by atoms with Crippen molar-refractivity contribution in [2.75, 3.05) is 4.72 Å². The van der Waals surface area contributed by atoms with Gasteiger partial charge in [-0.2, -0.15) is 0 Å². The Morgan fingerprint density at radius 3 is 2.74 bits per heavy atom. The summed E-state index contributed by atoms with van der Waals surface area (Å²) in [6, 6.07) is 13.8. The topological polar surface area (TPSA) is 114 Å². The Labute approximate surface area is 154 Å². The van der Waals surface area contributed by atoms with Crippen LogP contribution in [0.25, 0.3) is 21.9 Å². The van der Waals surface area contributed by atoms with E-state index in [0.717, 1.165) is 0 Å². The lowest BCUT2D eigenvalue weighted by Crippen LogP contribution is -2.15. The van der Waals surface area contributed by atoms with Crippen LogP contribution in [-0.2, 0) is 27.1 Å². The van der Waals surface area contributed by atoms with E-state index in [2.05, 4.69) is 9.88 Å². The fraction of sp³-hybridized carbons (Fsp3) is 0.111. The van der Waals surface area contributed by atoms with Gasteiger partial charge < -0.3 is 14.2 Å². The molecular weight excluding hydrogens is 370 g/mol. The van der Waals surface area contributed by atoms with Gasteiger partial charge in [0.15, 0.2) is 5.58 Å². The molecule has 4 aromatic rings. The van der Waals surface area contributed by atoms with E-state index < -0.39 is 16.0 Å². The fourth-order valence-electron chi connectivity index (χ4n) is 3.02. The lowest BCUT2D eigenvalue weighted by Gasteiger charge is -2.09. The second-order valence-corrected chi connectivity index (χ2v) is 7.78. The number of anilines is 1. The van der Waals surface area contributed by atoms with Crippen molar-refractivity contribution < 1.29 is 22.8 Å². The van der Waals surface area contributed by atoms with Crippen molar-refractivity contribution >= 4 is 43.6 Å². The fourth-order valence-corrected chi connectivity index (χ4v) is 4.18. The number of carbonyl (C=O) groups is 1. The summed E-state index contributed by atoms with van der Waals surface area (Å²) in [5.41, 5.74) is 1.86. The molecule has 8 nitrogen and oxygen atoms in total. The highest BCUT2D eigenvalue weighted by Crippen LogP contribution is 2.27. The molecule has 0 saturated heterocycles. The monoisotopic (exact) mass is 385 g/mol. The predicted molar refractivity (Wildman–Crippen MR) is 99.8 cm³/mol. The number of carboxylic acid groups (broad SMARTS) is 1. The van der Waals surface area contributed by atoms with Crippen LogP contribution in [0, 0.1) is 0 Å². The van der Waals surface area contributed by atoms with Crippen LogP contribution in [0.15, 0.2) is 59.3 Å². The highest BCUT2D eigenvalue weighted by atomic mass is 32.2. The zero-order valence-electron chi connectivity index (χ0n) is 14.0. The summed E-state index contributed by atoms with van der Waals surface area (Å²) in [6.07, 6.45) is 1.61. The minimum atomic E-state index is -3.75. The van der Waals surface area contributed by atoms with Gasteiger partial charge in [-0.3, -0.25) is 9.52 Å². The van der Waals surface area contributed by atoms with Gasteiger partial charge in [0, 0.05) is 17.0 Å². The first-order valence-corrected chi connectivity index (χ1v) is 9.71. The van der Waals surface area contributed by atoms with Gasteiger partial charge in [-0.1, -0.05) is 23.4 Å². The standard InChI is InChI=1S/C18H15N3O5S/c22-18(23)10-21-9-8-12-14(5-3-6-16(12)21)20-27(24,25)11-15-13-4-1-2-7-17(13)26-19-15/h1-9,20H,10-11H2,(H,22,23). The van der Waals surface area contributed by atoms with Gasteiger partial charge in [0.1, 0.15) is 18.0 Å². The molecule has 2 aromatic carbocycles. The zero-order valence-corrected chi connectivity index (χ0v) is 14.8.